The first-order valence-electron chi connectivity index (χ1n) is 9.74. The van der Waals surface area contributed by atoms with Crippen LogP contribution in [0.5, 0.6) is 0 Å². The van der Waals surface area contributed by atoms with Crippen molar-refractivity contribution in [2.24, 2.45) is 0 Å². The van der Waals surface area contributed by atoms with Gasteiger partial charge in [-0.1, -0.05) is 17.2 Å². The zero-order chi connectivity index (χ0) is 19.7. The predicted molar refractivity (Wildman–Crippen MR) is 109 cm³/mol. The smallest absolute Gasteiger partial charge is 0.253 e. The summed E-state index contributed by atoms with van der Waals surface area (Å²) in [5.41, 5.74) is 4.78. The second kappa shape index (κ2) is 7.72. The van der Waals surface area contributed by atoms with Crippen LogP contribution >= 0.6 is 0 Å². The van der Waals surface area contributed by atoms with Gasteiger partial charge in [-0.25, -0.2) is 9.97 Å². The Balaban J connectivity index is 1.59. The number of nitrogens with zero attached hydrogens (tertiary/aromatic N) is 4. The molecule has 1 unspecified atom stereocenters. The Labute approximate surface area is 165 Å². The molecule has 3 aromatic rings. The number of carbonyl (C=O) groups excluding carboxylic acids is 1. The Kier molecular flexibility index (Phi) is 5.13. The average molecular weight is 378 g/mol. The number of methoxy groups -OCH3 is 1. The molecule has 0 aliphatic carbocycles. The fourth-order valence-corrected chi connectivity index (χ4v) is 4.13. The standard InChI is InChI=1S/C22H26N4O2/c1-15-11-16(2)13-18(12-15)22(27)25-8-6-17(14-25)20-24-19-5-4-7-23-21(19)26(20)9-10-28-3/h4-5,7,11-13,17H,6,8-10,14H2,1-3H3. The van der Waals surface area contributed by atoms with Crippen molar-refractivity contribution in [1.29, 1.82) is 0 Å². The van der Waals surface area contributed by atoms with Crippen molar-refractivity contribution >= 4 is 17.1 Å². The normalized spacial score (nSPS) is 16.8. The van der Waals surface area contributed by atoms with Crippen LogP contribution in [0.15, 0.2) is 36.5 Å². The van der Waals surface area contributed by atoms with Gasteiger partial charge in [0.05, 0.1) is 6.61 Å². The molecule has 6 nitrogen and oxygen atoms in total. The van der Waals surface area contributed by atoms with E-state index in [4.69, 9.17) is 9.72 Å². The maximum absolute atomic E-state index is 13.0. The minimum absolute atomic E-state index is 0.104. The molecule has 1 amide bonds. The molecule has 1 aliphatic heterocycles. The third kappa shape index (κ3) is 3.52. The highest BCUT2D eigenvalue weighted by Crippen LogP contribution is 2.30. The number of aromatic nitrogens is 3. The van der Waals surface area contributed by atoms with Crippen LogP contribution in [0.3, 0.4) is 0 Å². The van der Waals surface area contributed by atoms with E-state index in [1.54, 1.807) is 13.3 Å². The Bertz CT molecular complexity index is 991. The van der Waals surface area contributed by atoms with E-state index in [-0.39, 0.29) is 11.8 Å². The van der Waals surface area contributed by atoms with Crippen molar-refractivity contribution in [1.82, 2.24) is 19.4 Å². The topological polar surface area (TPSA) is 60.2 Å². The van der Waals surface area contributed by atoms with E-state index in [0.717, 1.165) is 46.6 Å². The summed E-state index contributed by atoms with van der Waals surface area (Å²) in [7, 11) is 1.70. The molecule has 2 aromatic heterocycles. The Morgan fingerprint density at radius 3 is 2.79 bits per heavy atom. The number of ether oxygens (including phenoxy) is 1. The van der Waals surface area contributed by atoms with Crippen molar-refractivity contribution < 1.29 is 9.53 Å². The van der Waals surface area contributed by atoms with Crippen LogP contribution in [0.1, 0.15) is 39.6 Å². The zero-order valence-corrected chi connectivity index (χ0v) is 16.7. The Morgan fingerprint density at radius 2 is 2.04 bits per heavy atom. The number of benzene rings is 1. The van der Waals surface area contributed by atoms with E-state index in [1.807, 2.05) is 43.0 Å². The van der Waals surface area contributed by atoms with Gasteiger partial charge in [0.2, 0.25) is 0 Å². The summed E-state index contributed by atoms with van der Waals surface area (Å²) >= 11 is 0. The predicted octanol–water partition coefficient (Wildman–Crippen LogP) is 3.32. The summed E-state index contributed by atoms with van der Waals surface area (Å²) in [6, 6.07) is 9.93. The van der Waals surface area contributed by atoms with Gasteiger partial charge in [-0.2, -0.15) is 0 Å². The fraction of sp³-hybridized carbons (Fsp3) is 0.409. The molecule has 1 fully saturated rings. The lowest BCUT2D eigenvalue weighted by Crippen LogP contribution is -2.29. The molecular weight excluding hydrogens is 352 g/mol. The highest BCUT2D eigenvalue weighted by atomic mass is 16.5. The largest absolute Gasteiger partial charge is 0.383 e. The summed E-state index contributed by atoms with van der Waals surface area (Å²) in [4.78, 5) is 24.3. The molecule has 146 valence electrons. The molecule has 0 radical (unpaired) electrons. The maximum Gasteiger partial charge on any atom is 0.253 e. The summed E-state index contributed by atoms with van der Waals surface area (Å²) < 4.78 is 7.43. The average Bonchev–Trinajstić information content (AvgIpc) is 3.30. The van der Waals surface area contributed by atoms with Crippen molar-refractivity contribution in [3.8, 4) is 0 Å². The number of hydrogen-bond donors (Lipinski definition) is 0. The highest BCUT2D eigenvalue weighted by Gasteiger charge is 2.31. The highest BCUT2D eigenvalue weighted by molar-refractivity contribution is 5.94. The monoisotopic (exact) mass is 378 g/mol. The summed E-state index contributed by atoms with van der Waals surface area (Å²) in [5.74, 6) is 1.31. The number of rotatable bonds is 5. The number of amides is 1. The second-order valence-corrected chi connectivity index (χ2v) is 7.57. The third-order valence-electron chi connectivity index (χ3n) is 5.36. The molecule has 6 heteroatoms. The van der Waals surface area contributed by atoms with Gasteiger partial charge in [0.1, 0.15) is 11.3 Å². The van der Waals surface area contributed by atoms with Gasteiger partial charge in [0.15, 0.2) is 5.65 Å². The van der Waals surface area contributed by atoms with Gasteiger partial charge in [0.25, 0.3) is 5.91 Å². The quantitative estimate of drug-likeness (QED) is 0.683. The molecule has 0 saturated carbocycles. The van der Waals surface area contributed by atoms with Gasteiger partial charge >= 0.3 is 0 Å². The van der Waals surface area contributed by atoms with Crippen LogP contribution in [0.25, 0.3) is 11.2 Å². The van der Waals surface area contributed by atoms with E-state index < -0.39 is 0 Å². The zero-order valence-electron chi connectivity index (χ0n) is 16.7. The van der Waals surface area contributed by atoms with Crippen LogP contribution < -0.4 is 0 Å². The summed E-state index contributed by atoms with van der Waals surface area (Å²) in [6.45, 7) is 6.80. The minimum Gasteiger partial charge on any atom is -0.383 e. The van der Waals surface area contributed by atoms with E-state index in [9.17, 15) is 4.79 Å². The van der Waals surface area contributed by atoms with Crippen molar-refractivity contribution in [2.45, 2.75) is 32.7 Å². The maximum atomic E-state index is 13.0. The van der Waals surface area contributed by atoms with Gasteiger partial charge in [-0.3, -0.25) is 4.79 Å². The number of imidazole rings is 1. The van der Waals surface area contributed by atoms with Gasteiger partial charge in [-0.15, -0.1) is 0 Å². The minimum atomic E-state index is 0.104. The molecule has 1 saturated heterocycles. The van der Waals surface area contributed by atoms with E-state index in [0.29, 0.717) is 19.7 Å². The van der Waals surface area contributed by atoms with E-state index in [2.05, 4.69) is 15.6 Å². The van der Waals surface area contributed by atoms with Crippen LogP contribution in [0.2, 0.25) is 0 Å². The molecule has 1 aromatic carbocycles. The van der Waals surface area contributed by atoms with Crippen LogP contribution in [0.4, 0.5) is 0 Å². The van der Waals surface area contributed by atoms with Gasteiger partial charge in [0, 0.05) is 44.4 Å². The molecule has 3 heterocycles. The first-order chi connectivity index (χ1) is 13.6. The van der Waals surface area contributed by atoms with Gasteiger partial charge in [-0.05, 0) is 44.5 Å². The van der Waals surface area contributed by atoms with Crippen LogP contribution in [-0.4, -0.2) is 52.1 Å². The number of pyridine rings is 1. The number of fused-ring (bicyclic) bond motifs is 1. The van der Waals surface area contributed by atoms with Crippen molar-refractivity contribution in [3.05, 3.63) is 59.0 Å². The second-order valence-electron chi connectivity index (χ2n) is 7.57. The lowest BCUT2D eigenvalue weighted by molar-refractivity contribution is 0.0790. The van der Waals surface area contributed by atoms with Crippen molar-refractivity contribution in [3.63, 3.8) is 0 Å². The molecule has 0 N–H and O–H groups in total. The summed E-state index contributed by atoms with van der Waals surface area (Å²) in [6.07, 6.45) is 2.70. The molecule has 0 bridgehead atoms. The van der Waals surface area contributed by atoms with E-state index in [1.165, 1.54) is 0 Å². The molecule has 1 atom stereocenters. The number of hydrogen-bond acceptors (Lipinski definition) is 4. The molecule has 1 aliphatic rings. The SMILES string of the molecule is COCCn1c(C2CCN(C(=O)c3cc(C)cc(C)c3)C2)nc2cccnc21. The van der Waals surface area contributed by atoms with Gasteiger partial charge < -0.3 is 14.2 Å². The first-order valence-corrected chi connectivity index (χ1v) is 9.74. The molecule has 0 spiro atoms. The van der Waals surface area contributed by atoms with E-state index >= 15 is 0 Å². The third-order valence-corrected chi connectivity index (χ3v) is 5.36. The molecule has 28 heavy (non-hydrogen) atoms. The number of likely N-dealkylation sites (tertiary alicyclic amines) is 1. The lowest BCUT2D eigenvalue weighted by Gasteiger charge is -2.18. The fourth-order valence-electron chi connectivity index (χ4n) is 4.13. The van der Waals surface area contributed by atoms with Crippen LogP contribution in [0, 0.1) is 13.8 Å². The molecular formula is C22H26N4O2. The van der Waals surface area contributed by atoms with Crippen LogP contribution in [-0.2, 0) is 11.3 Å². The summed E-state index contributed by atoms with van der Waals surface area (Å²) in [5, 5.41) is 0. The lowest BCUT2D eigenvalue weighted by atomic mass is 10.1. The molecule has 4 rings (SSSR count). The number of carbonyl (C=O) groups is 1. The van der Waals surface area contributed by atoms with Crippen molar-refractivity contribution in [2.75, 3.05) is 26.8 Å². The Hall–Kier alpha value is -2.73. The Morgan fingerprint density at radius 1 is 1.25 bits per heavy atom. The first kappa shape index (κ1) is 18.6. The number of aryl methyl sites for hydroxylation is 2.